The first-order valence-corrected chi connectivity index (χ1v) is 10.3. The molecular formula is C18H8Cl3F4NO2S. The minimum atomic E-state index is -4.06. The van der Waals surface area contributed by atoms with Gasteiger partial charge in [0.15, 0.2) is 23.3 Å². The monoisotopic (exact) mass is 483 g/mol. The summed E-state index contributed by atoms with van der Waals surface area (Å²) >= 11 is 17.7. The summed E-state index contributed by atoms with van der Waals surface area (Å²) in [7, 11) is -4.06. The Bertz CT molecular complexity index is 1230. The molecule has 3 aromatic rings. The minimum Gasteiger partial charge on any atom is -0.225 e. The zero-order chi connectivity index (χ0) is 21.7. The molecule has 3 rings (SSSR count). The lowest BCUT2D eigenvalue weighted by molar-refractivity contribution is 0.412. The normalized spacial score (nSPS) is 11.7. The van der Waals surface area contributed by atoms with Crippen LogP contribution in [0.25, 0.3) is 22.3 Å². The number of benzene rings is 3. The number of hydrogen-bond acceptors (Lipinski definition) is 2. The Labute approximate surface area is 177 Å². The molecule has 0 heterocycles. The van der Waals surface area contributed by atoms with Crippen LogP contribution in [0.15, 0.2) is 41.3 Å². The number of hydrogen-bond donors (Lipinski definition) is 1. The van der Waals surface area contributed by atoms with Gasteiger partial charge in [0.1, 0.15) is 0 Å². The first kappa shape index (κ1) is 21.9. The highest BCUT2D eigenvalue weighted by atomic mass is 35.5. The Morgan fingerprint density at radius 1 is 0.690 bits per heavy atom. The zero-order valence-electron chi connectivity index (χ0n) is 13.9. The van der Waals surface area contributed by atoms with Crippen LogP contribution in [0.3, 0.4) is 0 Å². The van der Waals surface area contributed by atoms with Gasteiger partial charge in [-0.1, -0.05) is 46.9 Å². The fraction of sp³-hybridized carbons (Fsp3) is 0. The lowest BCUT2D eigenvalue weighted by Gasteiger charge is -2.15. The predicted molar refractivity (Wildman–Crippen MR) is 104 cm³/mol. The largest absolute Gasteiger partial charge is 0.238 e. The van der Waals surface area contributed by atoms with Crippen LogP contribution in [0.5, 0.6) is 0 Å². The van der Waals surface area contributed by atoms with Crippen molar-refractivity contribution in [3.63, 3.8) is 0 Å². The van der Waals surface area contributed by atoms with Crippen LogP contribution in [-0.2, 0) is 10.0 Å². The van der Waals surface area contributed by atoms with Gasteiger partial charge in [-0.25, -0.2) is 31.1 Å². The standard InChI is InChI=1S/C18H8Cl3F4NO2S/c19-10-5-8(6-11(20)14(10)21)13-12(15(22)17(24)18(25)16(13)23)7-1-3-9(4-2-7)29(26,27)28/h1-6H,(H2,26,27,28). The summed E-state index contributed by atoms with van der Waals surface area (Å²) in [5, 5.41) is 4.67. The highest BCUT2D eigenvalue weighted by Gasteiger charge is 2.28. The second kappa shape index (κ2) is 7.77. The predicted octanol–water partition coefficient (Wildman–Crippen LogP) is 6.18. The highest BCUT2D eigenvalue weighted by Crippen LogP contribution is 2.42. The fourth-order valence-electron chi connectivity index (χ4n) is 2.68. The third-order valence-electron chi connectivity index (χ3n) is 4.01. The van der Waals surface area contributed by atoms with Crippen molar-refractivity contribution in [1.82, 2.24) is 0 Å². The number of sulfonamides is 1. The molecule has 2 N–H and O–H groups in total. The van der Waals surface area contributed by atoms with E-state index in [9.17, 15) is 26.0 Å². The average molecular weight is 485 g/mol. The van der Waals surface area contributed by atoms with E-state index in [1.165, 1.54) is 0 Å². The van der Waals surface area contributed by atoms with Crippen LogP contribution in [0.2, 0.25) is 15.1 Å². The number of halogens is 7. The van der Waals surface area contributed by atoms with Crippen LogP contribution in [-0.4, -0.2) is 8.42 Å². The molecule has 0 saturated carbocycles. The smallest absolute Gasteiger partial charge is 0.225 e. The van der Waals surface area contributed by atoms with Crippen LogP contribution >= 0.6 is 34.8 Å². The molecule has 0 aliphatic heterocycles. The Hall–Kier alpha value is -1.84. The summed E-state index contributed by atoms with van der Waals surface area (Å²) in [6, 6.07) is 6.36. The summed E-state index contributed by atoms with van der Waals surface area (Å²) in [4.78, 5) is -0.316. The lowest BCUT2D eigenvalue weighted by atomic mass is 9.93. The molecule has 29 heavy (non-hydrogen) atoms. The van der Waals surface area contributed by atoms with Gasteiger partial charge >= 0.3 is 0 Å². The van der Waals surface area contributed by atoms with Gasteiger partial charge in [0.25, 0.3) is 0 Å². The first-order chi connectivity index (χ1) is 13.4. The molecular weight excluding hydrogens is 477 g/mol. The van der Waals surface area contributed by atoms with Gasteiger partial charge in [-0.3, -0.25) is 0 Å². The van der Waals surface area contributed by atoms with Crippen molar-refractivity contribution in [2.75, 3.05) is 0 Å². The molecule has 0 saturated heterocycles. The molecule has 0 aliphatic carbocycles. The zero-order valence-corrected chi connectivity index (χ0v) is 17.0. The van der Waals surface area contributed by atoms with E-state index in [1.54, 1.807) is 0 Å². The molecule has 0 unspecified atom stereocenters. The molecule has 0 aliphatic rings. The van der Waals surface area contributed by atoms with Crippen molar-refractivity contribution in [1.29, 1.82) is 0 Å². The van der Waals surface area contributed by atoms with E-state index in [2.05, 4.69) is 0 Å². The summed E-state index contributed by atoms with van der Waals surface area (Å²) in [6.45, 7) is 0. The molecule has 0 aromatic heterocycles. The third-order valence-corrected chi connectivity index (χ3v) is 6.14. The summed E-state index contributed by atoms with van der Waals surface area (Å²) < 4.78 is 80.0. The van der Waals surface area contributed by atoms with Gasteiger partial charge < -0.3 is 0 Å². The van der Waals surface area contributed by atoms with Gasteiger partial charge in [-0.2, -0.15) is 0 Å². The first-order valence-electron chi connectivity index (χ1n) is 7.57. The Morgan fingerprint density at radius 3 is 1.52 bits per heavy atom. The van der Waals surface area contributed by atoms with Crippen LogP contribution in [0, 0.1) is 23.3 Å². The molecule has 0 amide bonds. The van der Waals surface area contributed by atoms with Crippen molar-refractivity contribution in [2.24, 2.45) is 5.14 Å². The molecule has 0 radical (unpaired) electrons. The third kappa shape index (κ3) is 3.95. The number of primary sulfonamides is 1. The van der Waals surface area contributed by atoms with Gasteiger partial charge in [0.05, 0.1) is 20.0 Å². The summed E-state index contributed by atoms with van der Waals surface area (Å²) in [5.74, 6) is -7.46. The Balaban J connectivity index is 2.38. The van der Waals surface area contributed by atoms with E-state index < -0.39 is 44.4 Å². The molecule has 0 atom stereocenters. The number of rotatable bonds is 3. The molecule has 0 bridgehead atoms. The fourth-order valence-corrected chi connectivity index (χ4v) is 3.80. The topological polar surface area (TPSA) is 60.2 Å². The summed E-state index contributed by atoms with van der Waals surface area (Å²) in [5.41, 5.74) is -1.67. The Morgan fingerprint density at radius 2 is 1.10 bits per heavy atom. The van der Waals surface area contributed by atoms with Gasteiger partial charge in [-0.15, -0.1) is 0 Å². The maximum atomic E-state index is 14.7. The van der Waals surface area contributed by atoms with E-state index in [0.29, 0.717) is 0 Å². The average Bonchev–Trinajstić information content (AvgIpc) is 2.66. The summed E-state index contributed by atoms with van der Waals surface area (Å²) in [6.07, 6.45) is 0. The second-order valence-electron chi connectivity index (χ2n) is 5.83. The van der Waals surface area contributed by atoms with E-state index in [4.69, 9.17) is 39.9 Å². The molecule has 0 spiro atoms. The molecule has 3 nitrogen and oxygen atoms in total. The SMILES string of the molecule is NS(=O)(=O)c1ccc(-c2c(F)c(F)c(F)c(F)c2-c2cc(Cl)c(Cl)c(Cl)c2)cc1. The molecule has 3 aromatic carbocycles. The highest BCUT2D eigenvalue weighted by molar-refractivity contribution is 7.89. The maximum Gasteiger partial charge on any atom is 0.238 e. The lowest BCUT2D eigenvalue weighted by Crippen LogP contribution is -2.11. The van der Waals surface area contributed by atoms with Crippen molar-refractivity contribution in [2.45, 2.75) is 4.90 Å². The van der Waals surface area contributed by atoms with E-state index in [-0.39, 0.29) is 31.1 Å². The van der Waals surface area contributed by atoms with Gasteiger partial charge in [0, 0.05) is 11.1 Å². The van der Waals surface area contributed by atoms with Crippen molar-refractivity contribution >= 4 is 44.8 Å². The molecule has 0 fully saturated rings. The van der Waals surface area contributed by atoms with E-state index >= 15 is 0 Å². The van der Waals surface area contributed by atoms with Crippen LogP contribution in [0.4, 0.5) is 17.6 Å². The Kier molecular flexibility index (Phi) is 5.86. The maximum absolute atomic E-state index is 14.7. The van der Waals surface area contributed by atoms with E-state index in [0.717, 1.165) is 36.4 Å². The minimum absolute atomic E-state index is 0.0698. The van der Waals surface area contributed by atoms with Crippen molar-refractivity contribution in [3.8, 4) is 22.3 Å². The van der Waals surface area contributed by atoms with Crippen molar-refractivity contribution in [3.05, 3.63) is 74.7 Å². The molecule has 152 valence electrons. The van der Waals surface area contributed by atoms with Gasteiger partial charge in [0.2, 0.25) is 10.0 Å². The molecule has 11 heteroatoms. The van der Waals surface area contributed by atoms with Gasteiger partial charge in [-0.05, 0) is 35.4 Å². The quantitative estimate of drug-likeness (QED) is 0.274. The number of nitrogens with two attached hydrogens (primary N) is 1. The van der Waals surface area contributed by atoms with E-state index in [1.807, 2.05) is 0 Å². The van der Waals surface area contributed by atoms with Crippen LogP contribution < -0.4 is 5.14 Å². The second-order valence-corrected chi connectivity index (χ2v) is 8.58. The van der Waals surface area contributed by atoms with Crippen LogP contribution in [0.1, 0.15) is 0 Å². The van der Waals surface area contributed by atoms with Crippen molar-refractivity contribution < 1.29 is 26.0 Å².